The van der Waals surface area contributed by atoms with E-state index in [1.54, 1.807) is 4.57 Å². The molecule has 0 spiro atoms. The van der Waals surface area contributed by atoms with Gasteiger partial charge in [0.25, 0.3) is 0 Å². The van der Waals surface area contributed by atoms with E-state index in [-0.39, 0.29) is 10.7 Å². The van der Waals surface area contributed by atoms with Gasteiger partial charge in [-0.3, -0.25) is 4.90 Å². The number of nitro groups is 1. The Morgan fingerprint density at radius 1 is 1.50 bits per heavy atom. The fourth-order valence-electron chi connectivity index (χ4n) is 2.93. The number of likely N-dealkylation sites (tertiary alicyclic amines) is 1. The lowest BCUT2D eigenvalue weighted by Gasteiger charge is -2.35. The SMILES string of the molecule is CNCC1CCCCN1CCn1c([N+](=O)[O-])cnc1C. The molecule has 1 saturated heterocycles. The van der Waals surface area contributed by atoms with E-state index in [9.17, 15) is 10.1 Å². The monoisotopic (exact) mass is 281 g/mol. The minimum atomic E-state index is -0.360. The summed E-state index contributed by atoms with van der Waals surface area (Å²) in [5.41, 5.74) is 0. The van der Waals surface area contributed by atoms with Crippen molar-refractivity contribution in [2.24, 2.45) is 0 Å². The van der Waals surface area contributed by atoms with Gasteiger partial charge in [-0.1, -0.05) is 6.42 Å². The molecule has 1 unspecified atom stereocenters. The van der Waals surface area contributed by atoms with Gasteiger partial charge in [-0.25, -0.2) is 9.55 Å². The van der Waals surface area contributed by atoms with Crippen LogP contribution in [0, 0.1) is 17.0 Å². The van der Waals surface area contributed by atoms with Crippen LogP contribution in [0.3, 0.4) is 0 Å². The van der Waals surface area contributed by atoms with E-state index in [0.29, 0.717) is 18.4 Å². The molecule has 112 valence electrons. The summed E-state index contributed by atoms with van der Waals surface area (Å²) in [7, 11) is 1.97. The average molecular weight is 281 g/mol. The number of likely N-dealkylation sites (N-methyl/N-ethyl adjacent to an activating group) is 1. The Balaban J connectivity index is 2.00. The first kappa shape index (κ1) is 14.9. The Labute approximate surface area is 119 Å². The molecule has 0 aliphatic carbocycles. The third-order valence-electron chi connectivity index (χ3n) is 4.02. The fourth-order valence-corrected chi connectivity index (χ4v) is 2.93. The summed E-state index contributed by atoms with van der Waals surface area (Å²) in [5, 5.41) is 14.2. The normalized spacial score (nSPS) is 20.2. The maximum absolute atomic E-state index is 11.0. The Hall–Kier alpha value is -1.47. The van der Waals surface area contributed by atoms with Gasteiger partial charge < -0.3 is 15.4 Å². The fraction of sp³-hybridized carbons (Fsp3) is 0.769. The molecule has 7 heteroatoms. The van der Waals surface area contributed by atoms with Gasteiger partial charge in [0, 0.05) is 26.1 Å². The van der Waals surface area contributed by atoms with E-state index in [0.717, 1.165) is 19.6 Å². The topological polar surface area (TPSA) is 76.2 Å². The highest BCUT2D eigenvalue weighted by Crippen LogP contribution is 2.18. The first-order chi connectivity index (χ1) is 9.63. The number of aromatic nitrogens is 2. The number of hydrogen-bond acceptors (Lipinski definition) is 5. The predicted octanol–water partition coefficient (Wildman–Crippen LogP) is 1.17. The third kappa shape index (κ3) is 3.34. The standard InChI is InChI=1S/C13H23N5O2/c1-11-15-10-13(18(19)20)17(11)8-7-16-6-4-3-5-12(16)9-14-2/h10,12,14H,3-9H2,1-2H3. The van der Waals surface area contributed by atoms with Crippen LogP contribution in [0.15, 0.2) is 6.20 Å². The number of nitrogens with one attached hydrogen (secondary N) is 1. The quantitative estimate of drug-likeness (QED) is 0.626. The maximum Gasteiger partial charge on any atom is 0.342 e. The van der Waals surface area contributed by atoms with E-state index in [2.05, 4.69) is 15.2 Å². The average Bonchev–Trinajstić information content (AvgIpc) is 2.79. The minimum Gasteiger partial charge on any atom is -0.358 e. The van der Waals surface area contributed by atoms with Crippen molar-refractivity contribution >= 4 is 5.82 Å². The smallest absolute Gasteiger partial charge is 0.342 e. The van der Waals surface area contributed by atoms with Crippen LogP contribution in [0.25, 0.3) is 0 Å². The lowest BCUT2D eigenvalue weighted by Crippen LogP contribution is -2.46. The molecule has 1 N–H and O–H groups in total. The largest absolute Gasteiger partial charge is 0.358 e. The van der Waals surface area contributed by atoms with E-state index in [1.807, 2.05) is 14.0 Å². The molecular weight excluding hydrogens is 258 g/mol. The molecule has 1 aromatic heterocycles. The van der Waals surface area contributed by atoms with E-state index in [1.165, 1.54) is 25.5 Å². The molecule has 0 aromatic carbocycles. The zero-order chi connectivity index (χ0) is 14.5. The Bertz CT molecular complexity index is 458. The predicted molar refractivity (Wildman–Crippen MR) is 76.8 cm³/mol. The van der Waals surface area contributed by atoms with Gasteiger partial charge in [-0.05, 0) is 31.4 Å². The third-order valence-corrected chi connectivity index (χ3v) is 4.02. The molecule has 0 radical (unpaired) electrons. The van der Waals surface area contributed by atoms with Gasteiger partial charge in [0.2, 0.25) is 0 Å². The van der Waals surface area contributed by atoms with Crippen LogP contribution in [0.4, 0.5) is 5.82 Å². The summed E-state index contributed by atoms with van der Waals surface area (Å²) in [6.07, 6.45) is 5.03. The number of piperidine rings is 1. The number of imidazole rings is 1. The van der Waals surface area contributed by atoms with Gasteiger partial charge >= 0.3 is 5.82 Å². The summed E-state index contributed by atoms with van der Waals surface area (Å²) >= 11 is 0. The van der Waals surface area contributed by atoms with Crippen LogP contribution < -0.4 is 5.32 Å². The van der Waals surface area contributed by atoms with E-state index >= 15 is 0 Å². The molecule has 1 fully saturated rings. The van der Waals surface area contributed by atoms with E-state index in [4.69, 9.17) is 0 Å². The van der Waals surface area contributed by atoms with Crippen LogP contribution in [-0.2, 0) is 6.54 Å². The molecule has 1 aromatic rings. The van der Waals surface area contributed by atoms with Crippen molar-refractivity contribution in [3.8, 4) is 0 Å². The molecule has 0 bridgehead atoms. The number of rotatable bonds is 6. The van der Waals surface area contributed by atoms with Crippen LogP contribution in [-0.4, -0.2) is 52.1 Å². The van der Waals surface area contributed by atoms with Gasteiger partial charge in [0.15, 0.2) is 5.82 Å². The van der Waals surface area contributed by atoms with Crippen LogP contribution >= 0.6 is 0 Å². The molecular formula is C13H23N5O2. The van der Waals surface area contributed by atoms with Gasteiger partial charge in [0.1, 0.15) is 12.7 Å². The van der Waals surface area contributed by atoms with Crippen molar-refractivity contribution in [1.29, 1.82) is 0 Å². The molecule has 2 rings (SSSR count). The zero-order valence-electron chi connectivity index (χ0n) is 12.2. The highest BCUT2D eigenvalue weighted by molar-refractivity contribution is 5.18. The summed E-state index contributed by atoms with van der Waals surface area (Å²) < 4.78 is 1.70. The highest BCUT2D eigenvalue weighted by atomic mass is 16.6. The van der Waals surface area contributed by atoms with Gasteiger partial charge in [0.05, 0.1) is 0 Å². The zero-order valence-corrected chi connectivity index (χ0v) is 12.2. The lowest BCUT2D eigenvalue weighted by molar-refractivity contribution is -0.392. The molecule has 0 saturated carbocycles. The Kier molecular flexibility index (Phi) is 5.08. The second kappa shape index (κ2) is 6.81. The molecule has 0 amide bonds. The van der Waals surface area contributed by atoms with Crippen molar-refractivity contribution in [3.05, 3.63) is 22.1 Å². The second-order valence-electron chi connectivity index (χ2n) is 5.32. The maximum atomic E-state index is 11.0. The first-order valence-corrected chi connectivity index (χ1v) is 7.18. The van der Waals surface area contributed by atoms with Gasteiger partial charge in [-0.2, -0.15) is 0 Å². The molecule has 2 heterocycles. The van der Waals surface area contributed by atoms with Gasteiger partial charge in [-0.15, -0.1) is 0 Å². The van der Waals surface area contributed by atoms with Crippen molar-refractivity contribution in [3.63, 3.8) is 0 Å². The summed E-state index contributed by atoms with van der Waals surface area (Å²) in [6.45, 7) is 5.33. The molecule has 1 atom stereocenters. The number of nitrogens with zero attached hydrogens (tertiary/aromatic N) is 4. The van der Waals surface area contributed by atoms with Crippen LogP contribution in [0.2, 0.25) is 0 Å². The first-order valence-electron chi connectivity index (χ1n) is 7.18. The molecule has 1 aliphatic rings. The number of hydrogen-bond donors (Lipinski definition) is 1. The Morgan fingerprint density at radius 2 is 2.30 bits per heavy atom. The summed E-state index contributed by atoms with van der Waals surface area (Å²) in [4.78, 5) is 17.1. The van der Waals surface area contributed by atoms with Crippen molar-refractivity contribution < 1.29 is 4.92 Å². The summed E-state index contributed by atoms with van der Waals surface area (Å²) in [6, 6.07) is 0.539. The van der Waals surface area contributed by atoms with Crippen molar-refractivity contribution in [1.82, 2.24) is 19.8 Å². The van der Waals surface area contributed by atoms with E-state index < -0.39 is 0 Å². The van der Waals surface area contributed by atoms with Crippen LogP contribution in [0.1, 0.15) is 25.1 Å². The summed E-state index contributed by atoms with van der Waals surface area (Å²) in [5.74, 6) is 0.795. The Morgan fingerprint density at radius 3 is 3.00 bits per heavy atom. The second-order valence-corrected chi connectivity index (χ2v) is 5.32. The number of aryl methyl sites for hydroxylation is 1. The molecule has 1 aliphatic heterocycles. The molecule has 20 heavy (non-hydrogen) atoms. The lowest BCUT2D eigenvalue weighted by atomic mass is 10.0. The van der Waals surface area contributed by atoms with Crippen LogP contribution in [0.5, 0.6) is 0 Å². The highest BCUT2D eigenvalue weighted by Gasteiger charge is 2.24. The minimum absolute atomic E-state index is 0.0877. The molecule has 7 nitrogen and oxygen atoms in total. The van der Waals surface area contributed by atoms with Crippen molar-refractivity contribution in [2.45, 2.75) is 38.8 Å². The van der Waals surface area contributed by atoms with Crippen molar-refractivity contribution in [2.75, 3.05) is 26.7 Å².